The van der Waals surface area contributed by atoms with E-state index in [9.17, 15) is 9.59 Å². The first kappa shape index (κ1) is 20.6. The zero-order chi connectivity index (χ0) is 19.0. The number of hydrogen-bond donors (Lipinski definition) is 2. The number of aliphatic imine (C=N–C) groups is 1. The lowest BCUT2D eigenvalue weighted by Crippen LogP contribution is -2.34. The van der Waals surface area contributed by atoms with Crippen LogP contribution >= 0.6 is 24.0 Å². The minimum absolute atomic E-state index is 0. The minimum atomic E-state index is -0.127. The van der Waals surface area contributed by atoms with E-state index in [-0.39, 0.29) is 59.5 Å². The topological polar surface area (TPSA) is 97.0 Å². The lowest BCUT2D eigenvalue weighted by molar-refractivity contribution is -0.140. The molecule has 2 amide bonds. The van der Waals surface area contributed by atoms with Crippen molar-refractivity contribution in [1.82, 2.24) is 4.90 Å². The molecule has 1 saturated heterocycles. The molecule has 8 heteroatoms. The molecule has 4 atom stereocenters. The number of likely N-dealkylation sites (tertiary alicyclic amines) is 1. The van der Waals surface area contributed by atoms with Gasteiger partial charge in [0, 0.05) is 18.8 Å². The number of imide groups is 1. The number of benzene rings is 1. The number of nitrogens with zero attached hydrogens (tertiary/aromatic N) is 2. The summed E-state index contributed by atoms with van der Waals surface area (Å²) < 4.78 is 5.11. The van der Waals surface area contributed by atoms with Gasteiger partial charge < -0.3 is 15.8 Å². The van der Waals surface area contributed by atoms with Crippen LogP contribution < -0.4 is 15.8 Å². The summed E-state index contributed by atoms with van der Waals surface area (Å²) in [6.07, 6.45) is 5.77. The van der Waals surface area contributed by atoms with E-state index < -0.39 is 0 Å². The molecule has 1 aromatic carbocycles. The van der Waals surface area contributed by atoms with Crippen molar-refractivity contribution in [3.63, 3.8) is 0 Å². The summed E-state index contributed by atoms with van der Waals surface area (Å²) >= 11 is 0. The first-order chi connectivity index (χ1) is 13.1. The van der Waals surface area contributed by atoms with Crippen molar-refractivity contribution in [2.45, 2.75) is 12.8 Å². The number of carbonyl (C=O) groups excluding carboxylic acids is 2. The monoisotopic (exact) mass is 496 g/mol. The molecular formula is C20H25IN4O3. The van der Waals surface area contributed by atoms with Gasteiger partial charge in [-0.15, -0.1) is 24.0 Å². The van der Waals surface area contributed by atoms with Gasteiger partial charge in [-0.1, -0.05) is 12.2 Å². The molecular weight excluding hydrogens is 471 g/mol. The fourth-order valence-corrected chi connectivity index (χ4v) is 4.47. The van der Waals surface area contributed by atoms with Gasteiger partial charge in [-0.2, -0.15) is 0 Å². The molecule has 0 radical (unpaired) electrons. The van der Waals surface area contributed by atoms with Gasteiger partial charge >= 0.3 is 0 Å². The molecule has 3 N–H and O–H groups in total. The van der Waals surface area contributed by atoms with E-state index in [1.165, 1.54) is 4.90 Å². The van der Waals surface area contributed by atoms with Crippen molar-refractivity contribution in [1.29, 1.82) is 0 Å². The third-order valence-corrected chi connectivity index (χ3v) is 5.75. The number of amides is 2. The maximum Gasteiger partial charge on any atom is 0.233 e. The highest BCUT2D eigenvalue weighted by atomic mass is 127. The van der Waals surface area contributed by atoms with Crippen molar-refractivity contribution in [2.24, 2.45) is 34.4 Å². The van der Waals surface area contributed by atoms with Crippen LogP contribution in [-0.2, 0) is 9.59 Å². The van der Waals surface area contributed by atoms with Crippen LogP contribution in [0.4, 0.5) is 5.69 Å². The third-order valence-electron chi connectivity index (χ3n) is 5.75. The Balaban J connectivity index is 0.00000225. The number of hydrogen-bond acceptors (Lipinski definition) is 4. The quantitative estimate of drug-likeness (QED) is 0.157. The van der Waals surface area contributed by atoms with E-state index in [1.54, 1.807) is 7.11 Å². The Morgan fingerprint density at radius 1 is 1.18 bits per heavy atom. The Hall–Kier alpha value is -2.10. The number of nitrogens with two attached hydrogens (primary N) is 1. The largest absolute Gasteiger partial charge is 0.497 e. The molecule has 3 aliphatic rings. The predicted molar refractivity (Wildman–Crippen MR) is 118 cm³/mol. The van der Waals surface area contributed by atoms with E-state index in [2.05, 4.69) is 22.5 Å². The van der Waals surface area contributed by atoms with Crippen LogP contribution in [0.5, 0.6) is 5.75 Å². The minimum Gasteiger partial charge on any atom is -0.497 e. The number of carbonyl (C=O) groups is 2. The van der Waals surface area contributed by atoms with Crippen LogP contribution in [0, 0.1) is 23.7 Å². The van der Waals surface area contributed by atoms with E-state index in [0.29, 0.717) is 25.5 Å². The number of methoxy groups -OCH3 is 1. The number of guanidine groups is 1. The van der Waals surface area contributed by atoms with Crippen molar-refractivity contribution in [3.8, 4) is 5.75 Å². The standard InChI is InChI=1S/C20H24N4O3.HI/c1-27-15-7-5-14(6-8-15)23-20(21)22-9-2-10-24-18(25)16-12-3-4-13(11-12)17(16)19(24)26;/h3-8,12-13,16-17H,2,9-11H2,1H3,(H3,21,22,23);1H. The summed E-state index contributed by atoms with van der Waals surface area (Å²) in [7, 11) is 1.61. The normalized spacial score (nSPS) is 27.8. The maximum atomic E-state index is 12.6. The van der Waals surface area contributed by atoms with Crippen molar-refractivity contribution >= 4 is 47.4 Å². The van der Waals surface area contributed by atoms with Gasteiger partial charge in [-0.05, 0) is 48.9 Å². The molecule has 1 aromatic rings. The zero-order valence-electron chi connectivity index (χ0n) is 15.7. The molecule has 1 aliphatic heterocycles. The summed E-state index contributed by atoms with van der Waals surface area (Å²) in [5.41, 5.74) is 6.71. The Morgan fingerprint density at radius 2 is 1.79 bits per heavy atom. The molecule has 28 heavy (non-hydrogen) atoms. The second kappa shape index (κ2) is 8.50. The molecule has 0 spiro atoms. The van der Waals surface area contributed by atoms with Gasteiger partial charge in [-0.3, -0.25) is 19.5 Å². The van der Waals surface area contributed by atoms with Crippen LogP contribution in [0.2, 0.25) is 0 Å². The van der Waals surface area contributed by atoms with E-state index in [4.69, 9.17) is 10.5 Å². The molecule has 0 aromatic heterocycles. The van der Waals surface area contributed by atoms with Gasteiger partial charge in [0.15, 0.2) is 5.96 Å². The molecule has 2 aliphatic carbocycles. The van der Waals surface area contributed by atoms with Crippen LogP contribution in [0.15, 0.2) is 41.4 Å². The Kier molecular flexibility index (Phi) is 6.26. The molecule has 150 valence electrons. The van der Waals surface area contributed by atoms with Gasteiger partial charge in [0.1, 0.15) is 5.75 Å². The first-order valence-electron chi connectivity index (χ1n) is 9.33. The summed E-state index contributed by atoms with van der Waals surface area (Å²) in [6.45, 7) is 0.857. The fraction of sp³-hybridized carbons (Fsp3) is 0.450. The van der Waals surface area contributed by atoms with Crippen LogP contribution in [0.25, 0.3) is 0 Å². The molecule has 1 saturated carbocycles. The Morgan fingerprint density at radius 3 is 2.36 bits per heavy atom. The summed E-state index contributed by atoms with van der Waals surface area (Å²) in [6, 6.07) is 7.37. The molecule has 2 bridgehead atoms. The lowest BCUT2D eigenvalue weighted by Gasteiger charge is -2.16. The maximum absolute atomic E-state index is 12.6. The van der Waals surface area contributed by atoms with E-state index >= 15 is 0 Å². The Labute approximate surface area is 181 Å². The average molecular weight is 496 g/mol. The van der Waals surface area contributed by atoms with Crippen molar-refractivity contribution in [2.75, 3.05) is 25.5 Å². The number of nitrogens with one attached hydrogen (secondary N) is 1. The van der Waals surface area contributed by atoms with E-state index in [0.717, 1.165) is 17.9 Å². The van der Waals surface area contributed by atoms with Crippen LogP contribution in [0.3, 0.4) is 0 Å². The number of rotatable bonds is 6. The summed E-state index contributed by atoms with van der Waals surface area (Å²) in [5, 5.41) is 3.01. The molecule has 2 fully saturated rings. The number of fused-ring (bicyclic) bond motifs is 5. The van der Waals surface area contributed by atoms with E-state index in [1.807, 2.05) is 24.3 Å². The highest BCUT2D eigenvalue weighted by Gasteiger charge is 2.58. The average Bonchev–Trinajstić information content (AvgIpc) is 3.35. The zero-order valence-corrected chi connectivity index (χ0v) is 18.0. The summed E-state index contributed by atoms with van der Waals surface area (Å²) in [4.78, 5) is 30.9. The lowest BCUT2D eigenvalue weighted by atomic mass is 9.85. The fourth-order valence-electron chi connectivity index (χ4n) is 4.47. The molecule has 4 unspecified atom stereocenters. The number of halogens is 1. The van der Waals surface area contributed by atoms with Crippen molar-refractivity contribution < 1.29 is 14.3 Å². The second-order valence-corrected chi connectivity index (χ2v) is 7.30. The highest BCUT2D eigenvalue weighted by Crippen LogP contribution is 2.52. The van der Waals surface area contributed by atoms with Gasteiger partial charge in [-0.25, -0.2) is 0 Å². The molecule has 1 heterocycles. The number of allylic oxidation sites excluding steroid dienone is 2. The Bertz CT molecular complexity index is 778. The van der Waals surface area contributed by atoms with Gasteiger partial charge in [0.2, 0.25) is 11.8 Å². The second-order valence-electron chi connectivity index (χ2n) is 7.30. The summed E-state index contributed by atoms with van der Waals surface area (Å²) in [5.74, 6) is 1.32. The first-order valence-corrected chi connectivity index (χ1v) is 9.33. The van der Waals surface area contributed by atoms with Crippen molar-refractivity contribution in [3.05, 3.63) is 36.4 Å². The van der Waals surface area contributed by atoms with Gasteiger partial charge in [0.25, 0.3) is 0 Å². The number of anilines is 1. The van der Waals surface area contributed by atoms with Crippen LogP contribution in [0.1, 0.15) is 12.8 Å². The highest BCUT2D eigenvalue weighted by molar-refractivity contribution is 14.0. The molecule has 7 nitrogen and oxygen atoms in total. The SMILES string of the molecule is COc1ccc(NC(N)=NCCCN2C(=O)C3C4C=CC(C4)C3C2=O)cc1.I. The molecule has 4 rings (SSSR count). The predicted octanol–water partition coefficient (Wildman–Crippen LogP) is 2.24. The number of ether oxygens (including phenoxy) is 1. The third kappa shape index (κ3) is 3.74. The van der Waals surface area contributed by atoms with Crippen LogP contribution in [-0.4, -0.2) is 42.9 Å². The van der Waals surface area contributed by atoms with Gasteiger partial charge in [0.05, 0.1) is 18.9 Å². The smallest absolute Gasteiger partial charge is 0.233 e.